The smallest absolute Gasteiger partial charge is 0.231 e. The molecule has 3 aromatic rings. The normalized spacial score (nSPS) is 17.3. The van der Waals surface area contributed by atoms with Gasteiger partial charge in [0.2, 0.25) is 5.88 Å². The molecule has 0 bridgehead atoms. The van der Waals surface area contributed by atoms with Crippen LogP contribution < -0.4 is 4.74 Å². The number of ether oxygens (including phenoxy) is 1. The summed E-state index contributed by atoms with van der Waals surface area (Å²) in [5.74, 6) is 1.40. The van der Waals surface area contributed by atoms with Crippen molar-refractivity contribution in [3.8, 4) is 11.6 Å². The summed E-state index contributed by atoms with van der Waals surface area (Å²) in [7, 11) is 0. The van der Waals surface area contributed by atoms with Crippen LogP contribution in [0.3, 0.4) is 0 Å². The number of aromatic nitrogens is 2. The Labute approximate surface area is 138 Å². The number of nitrogens with zero attached hydrogens (tertiary/aromatic N) is 2. The fraction of sp³-hybridized carbons (Fsp3) is 0.333. The molecule has 0 saturated heterocycles. The first-order valence-corrected chi connectivity index (χ1v) is 8.65. The molecule has 0 saturated carbocycles. The van der Waals surface area contributed by atoms with Crippen molar-refractivity contribution in [2.75, 3.05) is 0 Å². The van der Waals surface area contributed by atoms with Gasteiger partial charge in [0.1, 0.15) is 16.9 Å². The first-order valence-electron chi connectivity index (χ1n) is 7.83. The zero-order valence-corrected chi connectivity index (χ0v) is 14.0. The molecule has 23 heavy (non-hydrogen) atoms. The van der Waals surface area contributed by atoms with Crippen LogP contribution in [0.5, 0.6) is 11.6 Å². The molecule has 0 unspecified atom stereocenters. The molecule has 4 nitrogen and oxygen atoms in total. The molecule has 0 fully saturated rings. The van der Waals surface area contributed by atoms with Crippen LogP contribution in [-0.4, -0.2) is 15.1 Å². The van der Waals surface area contributed by atoms with Gasteiger partial charge in [-0.2, -0.15) is 0 Å². The van der Waals surface area contributed by atoms with E-state index in [2.05, 4.69) is 23.8 Å². The van der Waals surface area contributed by atoms with E-state index in [4.69, 9.17) is 4.74 Å². The Morgan fingerprint density at radius 3 is 3.00 bits per heavy atom. The topological polar surface area (TPSA) is 55.2 Å². The molecule has 4 rings (SSSR count). The number of aliphatic hydroxyl groups is 1. The zero-order valence-electron chi connectivity index (χ0n) is 13.2. The van der Waals surface area contributed by atoms with E-state index in [1.54, 1.807) is 17.7 Å². The second-order valence-corrected chi connectivity index (χ2v) is 7.18. The average Bonchev–Trinajstić information content (AvgIpc) is 2.84. The molecule has 2 aromatic heterocycles. The van der Waals surface area contributed by atoms with Crippen LogP contribution in [0.15, 0.2) is 24.5 Å². The Balaban J connectivity index is 1.82. The van der Waals surface area contributed by atoms with Gasteiger partial charge in [-0.1, -0.05) is 12.1 Å². The van der Waals surface area contributed by atoms with Crippen LogP contribution >= 0.6 is 11.3 Å². The van der Waals surface area contributed by atoms with Crippen LogP contribution in [0.25, 0.3) is 10.2 Å². The van der Waals surface area contributed by atoms with Crippen molar-refractivity contribution in [1.82, 2.24) is 9.97 Å². The molecule has 1 aromatic carbocycles. The molecule has 0 aliphatic heterocycles. The minimum absolute atomic E-state index is 0.391. The van der Waals surface area contributed by atoms with E-state index in [1.165, 1.54) is 10.4 Å². The molecular weight excluding hydrogens is 308 g/mol. The standard InChI is InChI=1S/C18H18N2O2S/c1-10-11(2)23-18-16(10)17(19-9-20-18)22-15-8-4-5-12-13(15)6-3-7-14(12)21/h4-5,8-9,14,21H,3,6-7H2,1-2H3/t14-/m0/s1. The van der Waals surface area contributed by atoms with Crippen LogP contribution in [-0.2, 0) is 6.42 Å². The summed E-state index contributed by atoms with van der Waals surface area (Å²) in [5.41, 5.74) is 3.25. The fourth-order valence-electron chi connectivity index (χ4n) is 3.22. The monoisotopic (exact) mass is 326 g/mol. The minimum atomic E-state index is -0.391. The third-order valence-electron chi connectivity index (χ3n) is 4.57. The number of thiophene rings is 1. The van der Waals surface area contributed by atoms with Gasteiger partial charge >= 0.3 is 0 Å². The van der Waals surface area contributed by atoms with Crippen LogP contribution in [0, 0.1) is 13.8 Å². The third kappa shape index (κ3) is 2.40. The van der Waals surface area contributed by atoms with E-state index in [-0.39, 0.29) is 0 Å². The minimum Gasteiger partial charge on any atom is -0.438 e. The van der Waals surface area contributed by atoms with Gasteiger partial charge in [-0.3, -0.25) is 0 Å². The molecule has 1 atom stereocenters. The highest BCUT2D eigenvalue weighted by atomic mass is 32.1. The Morgan fingerprint density at radius 2 is 2.13 bits per heavy atom. The van der Waals surface area contributed by atoms with Crippen LogP contribution in [0.2, 0.25) is 0 Å². The van der Waals surface area contributed by atoms with Gasteiger partial charge in [0.25, 0.3) is 0 Å². The number of benzene rings is 1. The summed E-state index contributed by atoms with van der Waals surface area (Å²) in [5, 5.41) is 11.2. The fourth-order valence-corrected chi connectivity index (χ4v) is 4.20. The maximum atomic E-state index is 10.2. The van der Waals surface area contributed by atoms with E-state index < -0.39 is 6.10 Å². The van der Waals surface area contributed by atoms with Crippen LogP contribution in [0.4, 0.5) is 0 Å². The predicted molar refractivity (Wildman–Crippen MR) is 91.3 cm³/mol. The number of aliphatic hydroxyl groups excluding tert-OH is 1. The lowest BCUT2D eigenvalue weighted by Crippen LogP contribution is -2.10. The van der Waals surface area contributed by atoms with Gasteiger partial charge in [-0.05, 0) is 50.3 Å². The van der Waals surface area contributed by atoms with Gasteiger partial charge in [0.15, 0.2) is 0 Å². The summed E-state index contributed by atoms with van der Waals surface area (Å²) in [6.45, 7) is 4.17. The molecule has 1 aliphatic carbocycles. The van der Waals surface area contributed by atoms with Crippen molar-refractivity contribution >= 4 is 21.6 Å². The quantitative estimate of drug-likeness (QED) is 0.755. The molecule has 1 N–H and O–H groups in total. The van der Waals surface area contributed by atoms with Crippen molar-refractivity contribution < 1.29 is 9.84 Å². The largest absolute Gasteiger partial charge is 0.438 e. The van der Waals surface area contributed by atoms with Crippen molar-refractivity contribution in [3.63, 3.8) is 0 Å². The lowest BCUT2D eigenvalue weighted by Gasteiger charge is -2.23. The van der Waals surface area contributed by atoms with E-state index in [0.717, 1.165) is 46.4 Å². The molecule has 0 radical (unpaired) electrons. The first-order chi connectivity index (χ1) is 11.1. The second-order valence-electron chi connectivity index (χ2n) is 5.98. The average molecular weight is 326 g/mol. The summed E-state index contributed by atoms with van der Waals surface area (Å²) in [6, 6.07) is 5.88. The molecule has 0 spiro atoms. The maximum absolute atomic E-state index is 10.2. The summed E-state index contributed by atoms with van der Waals surface area (Å²) >= 11 is 1.66. The first kappa shape index (κ1) is 14.6. The van der Waals surface area contributed by atoms with Crippen molar-refractivity contribution in [3.05, 3.63) is 46.1 Å². The van der Waals surface area contributed by atoms with Gasteiger partial charge in [-0.25, -0.2) is 9.97 Å². The van der Waals surface area contributed by atoms with Gasteiger partial charge in [0.05, 0.1) is 11.5 Å². The zero-order chi connectivity index (χ0) is 16.0. The molecule has 5 heteroatoms. The lowest BCUT2D eigenvalue weighted by atomic mass is 9.89. The molecule has 0 amide bonds. The highest BCUT2D eigenvalue weighted by molar-refractivity contribution is 7.18. The van der Waals surface area contributed by atoms with Gasteiger partial charge in [-0.15, -0.1) is 11.3 Å². The predicted octanol–water partition coefficient (Wildman–Crippen LogP) is 4.47. The third-order valence-corrected chi connectivity index (χ3v) is 5.69. The van der Waals surface area contributed by atoms with E-state index in [1.807, 2.05) is 18.2 Å². The molecule has 1 aliphatic rings. The molecule has 118 valence electrons. The molecule has 2 heterocycles. The van der Waals surface area contributed by atoms with E-state index in [0.29, 0.717) is 5.88 Å². The summed E-state index contributed by atoms with van der Waals surface area (Å²) < 4.78 is 6.18. The van der Waals surface area contributed by atoms with Crippen molar-refractivity contribution in [2.45, 2.75) is 39.2 Å². The second kappa shape index (κ2) is 5.58. The van der Waals surface area contributed by atoms with E-state index >= 15 is 0 Å². The number of aryl methyl sites for hydroxylation is 2. The van der Waals surface area contributed by atoms with Gasteiger partial charge in [0, 0.05) is 10.4 Å². The highest BCUT2D eigenvalue weighted by Gasteiger charge is 2.22. The Kier molecular flexibility index (Phi) is 3.54. The summed E-state index contributed by atoms with van der Waals surface area (Å²) in [4.78, 5) is 10.9. The Morgan fingerprint density at radius 1 is 1.26 bits per heavy atom. The Hall–Kier alpha value is -1.98. The van der Waals surface area contributed by atoms with Gasteiger partial charge < -0.3 is 9.84 Å². The summed E-state index contributed by atoms with van der Waals surface area (Å²) in [6.07, 6.45) is 3.88. The van der Waals surface area contributed by atoms with E-state index in [9.17, 15) is 5.11 Å². The number of hydrogen-bond donors (Lipinski definition) is 1. The number of hydrogen-bond acceptors (Lipinski definition) is 5. The maximum Gasteiger partial charge on any atom is 0.231 e. The van der Waals surface area contributed by atoms with Crippen LogP contribution in [0.1, 0.15) is 40.5 Å². The van der Waals surface area contributed by atoms with Crippen molar-refractivity contribution in [2.24, 2.45) is 0 Å². The van der Waals surface area contributed by atoms with Crippen molar-refractivity contribution in [1.29, 1.82) is 0 Å². The SMILES string of the molecule is Cc1sc2ncnc(Oc3cccc4c3CCC[C@@H]4O)c2c1C. The lowest BCUT2D eigenvalue weighted by molar-refractivity contribution is 0.156. The Bertz CT molecular complexity index is 888. The number of fused-ring (bicyclic) bond motifs is 2. The molecular formula is C18H18N2O2S. The number of rotatable bonds is 2. The highest BCUT2D eigenvalue weighted by Crippen LogP contribution is 2.40.